The van der Waals surface area contributed by atoms with Gasteiger partial charge in [0.05, 0.1) is 22.9 Å². The molecule has 0 saturated heterocycles. The molecule has 4 aromatic rings. The highest BCUT2D eigenvalue weighted by Crippen LogP contribution is 2.33. The maximum absolute atomic E-state index is 12.6. The number of nitrogens with one attached hydrogen (secondary N) is 3. The van der Waals surface area contributed by atoms with Crippen LogP contribution in [0.1, 0.15) is 34.6 Å². The Hall–Kier alpha value is -4.78. The van der Waals surface area contributed by atoms with Crippen LogP contribution in [0.3, 0.4) is 0 Å². The number of carbonyl (C=O) groups excluding carboxylic acids is 1. The number of hydrogen-bond acceptors (Lipinski definition) is 8. The van der Waals surface area contributed by atoms with E-state index in [0.29, 0.717) is 51.7 Å². The van der Waals surface area contributed by atoms with Crippen molar-refractivity contribution in [2.45, 2.75) is 39.9 Å². The Balaban J connectivity index is 1.37. The molecule has 1 aliphatic heterocycles. The third-order valence-corrected chi connectivity index (χ3v) is 8.60. The number of nitrogens with two attached hydrogens (primary N) is 1. The first-order valence-corrected chi connectivity index (χ1v) is 14.9. The number of fused-ring (bicyclic) bond motifs is 1. The van der Waals surface area contributed by atoms with Crippen molar-refractivity contribution in [2.24, 2.45) is 10.4 Å². The van der Waals surface area contributed by atoms with Crippen LogP contribution in [-0.4, -0.2) is 51.8 Å². The van der Waals surface area contributed by atoms with Crippen LogP contribution in [0.5, 0.6) is 0 Å². The Morgan fingerprint density at radius 3 is 2.26 bits per heavy atom. The molecule has 13 heteroatoms. The Bertz CT molecular complexity index is 1820. The number of aliphatic imine (C=N–C) groups is 1. The van der Waals surface area contributed by atoms with Crippen LogP contribution in [0.15, 0.2) is 71.5 Å². The lowest BCUT2D eigenvalue weighted by atomic mass is 9.87. The molecule has 1 aliphatic rings. The molecule has 0 aliphatic carbocycles. The van der Waals surface area contributed by atoms with Gasteiger partial charge in [0.2, 0.25) is 10.0 Å². The summed E-state index contributed by atoms with van der Waals surface area (Å²) < 4.78 is 28.7. The first kappa shape index (κ1) is 28.7. The molecule has 0 fully saturated rings. The van der Waals surface area contributed by atoms with Crippen molar-refractivity contribution < 1.29 is 13.2 Å². The van der Waals surface area contributed by atoms with Crippen molar-refractivity contribution >= 4 is 50.1 Å². The van der Waals surface area contributed by atoms with E-state index >= 15 is 0 Å². The first-order chi connectivity index (χ1) is 19.8. The number of aromatic nitrogens is 4. The third-order valence-electron chi connectivity index (χ3n) is 6.84. The van der Waals surface area contributed by atoms with Crippen molar-refractivity contribution in [3.63, 3.8) is 0 Å². The van der Waals surface area contributed by atoms with Crippen LogP contribution in [0.25, 0.3) is 28.0 Å². The number of nitrogens with zero attached hydrogens (tertiary/aromatic N) is 5. The monoisotopic (exact) mass is 587 g/mol. The van der Waals surface area contributed by atoms with Gasteiger partial charge in [-0.05, 0) is 67.3 Å². The number of amides is 2. The summed E-state index contributed by atoms with van der Waals surface area (Å²) in [5.41, 5.74) is 10.9. The van der Waals surface area contributed by atoms with E-state index in [4.69, 9.17) is 10.8 Å². The number of urea groups is 1. The van der Waals surface area contributed by atoms with E-state index in [0.717, 1.165) is 5.57 Å². The van der Waals surface area contributed by atoms with Crippen molar-refractivity contribution in [1.82, 2.24) is 25.1 Å². The number of anilines is 3. The van der Waals surface area contributed by atoms with E-state index in [9.17, 15) is 13.2 Å². The molecule has 2 aromatic heterocycles. The van der Waals surface area contributed by atoms with Crippen molar-refractivity contribution in [3.8, 4) is 16.9 Å². The molecule has 42 heavy (non-hydrogen) atoms. The second kappa shape index (κ2) is 10.9. The van der Waals surface area contributed by atoms with E-state index < -0.39 is 15.3 Å². The van der Waals surface area contributed by atoms with Crippen LogP contribution in [-0.2, 0) is 10.0 Å². The minimum Gasteiger partial charge on any atom is -0.383 e. The molecular weight excluding hydrogens is 554 g/mol. The SMILES string of the molecule is CC(C)S(=O)(=O)Nc1ccc(-c2nn(-c3ccc(NC(=O)NC4=NCC(C(C)(C)C)=C4)cc3)c3ncnc(N)c23)cc1. The summed E-state index contributed by atoms with van der Waals surface area (Å²) in [5, 5.41) is 10.4. The predicted molar refractivity (Wildman–Crippen MR) is 166 cm³/mol. The van der Waals surface area contributed by atoms with Gasteiger partial charge in [0.1, 0.15) is 23.7 Å². The third kappa shape index (κ3) is 5.96. The van der Waals surface area contributed by atoms with Gasteiger partial charge in [0, 0.05) is 16.9 Å². The van der Waals surface area contributed by atoms with Gasteiger partial charge in [-0.2, -0.15) is 5.10 Å². The maximum atomic E-state index is 12.6. The zero-order valence-corrected chi connectivity index (χ0v) is 24.8. The fourth-order valence-electron chi connectivity index (χ4n) is 4.26. The second-order valence-electron chi connectivity index (χ2n) is 11.2. The first-order valence-electron chi connectivity index (χ1n) is 13.4. The highest BCUT2D eigenvalue weighted by Gasteiger charge is 2.22. The van der Waals surface area contributed by atoms with Gasteiger partial charge >= 0.3 is 6.03 Å². The quantitative estimate of drug-likeness (QED) is 0.253. The fraction of sp³-hybridized carbons (Fsp3) is 0.276. The van der Waals surface area contributed by atoms with Gasteiger partial charge in [-0.15, -0.1) is 0 Å². The molecule has 0 unspecified atom stereocenters. The zero-order chi connectivity index (χ0) is 30.2. The number of sulfonamides is 1. The number of rotatable bonds is 6. The molecule has 0 saturated carbocycles. The lowest BCUT2D eigenvalue weighted by molar-refractivity contribution is 0.256. The molecule has 0 radical (unpaired) electrons. The molecule has 218 valence electrons. The molecule has 5 N–H and O–H groups in total. The van der Waals surface area contributed by atoms with Crippen LogP contribution in [0, 0.1) is 5.41 Å². The minimum atomic E-state index is -3.48. The van der Waals surface area contributed by atoms with Crippen LogP contribution < -0.4 is 21.1 Å². The average Bonchev–Trinajstić information content (AvgIpc) is 3.55. The number of nitrogen functional groups attached to an aromatic ring is 1. The number of carbonyl (C=O) groups is 1. The summed E-state index contributed by atoms with van der Waals surface area (Å²) in [7, 11) is -3.48. The fourth-order valence-corrected chi connectivity index (χ4v) is 4.96. The lowest BCUT2D eigenvalue weighted by Gasteiger charge is -2.18. The van der Waals surface area contributed by atoms with Crippen molar-refractivity contribution in [3.05, 3.63) is 66.5 Å². The van der Waals surface area contributed by atoms with Gasteiger partial charge in [0.25, 0.3) is 0 Å². The average molecular weight is 588 g/mol. The summed E-state index contributed by atoms with van der Waals surface area (Å²) in [4.78, 5) is 25.5. The van der Waals surface area contributed by atoms with Crippen molar-refractivity contribution in [1.29, 1.82) is 0 Å². The predicted octanol–water partition coefficient (Wildman–Crippen LogP) is 4.72. The highest BCUT2D eigenvalue weighted by atomic mass is 32.2. The molecule has 0 spiro atoms. The summed E-state index contributed by atoms with van der Waals surface area (Å²) >= 11 is 0. The summed E-state index contributed by atoms with van der Waals surface area (Å²) in [6.45, 7) is 10.1. The van der Waals surface area contributed by atoms with E-state index in [1.807, 2.05) is 6.08 Å². The highest BCUT2D eigenvalue weighted by molar-refractivity contribution is 7.93. The van der Waals surface area contributed by atoms with E-state index in [1.54, 1.807) is 67.1 Å². The van der Waals surface area contributed by atoms with Crippen LogP contribution in [0.4, 0.5) is 22.0 Å². The van der Waals surface area contributed by atoms with Crippen molar-refractivity contribution in [2.75, 3.05) is 22.3 Å². The molecular formula is C29H33N9O3S. The summed E-state index contributed by atoms with van der Waals surface area (Å²) in [6, 6.07) is 13.6. The Kier molecular flexibility index (Phi) is 7.45. The van der Waals surface area contributed by atoms with Gasteiger partial charge in [-0.1, -0.05) is 32.9 Å². The van der Waals surface area contributed by atoms with E-state index in [2.05, 4.69) is 51.1 Å². The normalized spacial score (nSPS) is 13.7. The summed E-state index contributed by atoms with van der Waals surface area (Å²) in [5.74, 6) is 0.798. The van der Waals surface area contributed by atoms with E-state index in [-0.39, 0.29) is 17.3 Å². The number of amidine groups is 1. The molecule has 2 aromatic carbocycles. The van der Waals surface area contributed by atoms with E-state index in [1.165, 1.54) is 6.33 Å². The van der Waals surface area contributed by atoms with Crippen LogP contribution in [0.2, 0.25) is 0 Å². The largest absolute Gasteiger partial charge is 0.383 e. The molecule has 3 heterocycles. The Labute approximate surface area is 244 Å². The molecule has 5 rings (SSSR count). The number of hydrogen-bond donors (Lipinski definition) is 4. The zero-order valence-electron chi connectivity index (χ0n) is 24.0. The Morgan fingerprint density at radius 1 is 0.976 bits per heavy atom. The molecule has 12 nitrogen and oxygen atoms in total. The van der Waals surface area contributed by atoms with Gasteiger partial charge in [-0.25, -0.2) is 27.9 Å². The maximum Gasteiger partial charge on any atom is 0.324 e. The number of benzene rings is 2. The standard InChI is InChI=1S/C29H33N9O3S/c1-17(2)42(40,41)37-21-8-6-18(7-9-21)25-24-26(30)32-16-33-27(24)38(36-25)22-12-10-20(11-13-22)34-28(39)35-23-14-19(15-31-23)29(3,4)5/h6-14,16-17,37H,15H2,1-5H3,(H2,30,32,33)(H2,31,34,35,39). The summed E-state index contributed by atoms with van der Waals surface area (Å²) in [6.07, 6.45) is 3.28. The van der Waals surface area contributed by atoms with Crippen LogP contribution >= 0.6 is 0 Å². The second-order valence-corrected chi connectivity index (χ2v) is 13.5. The molecule has 0 bridgehead atoms. The lowest BCUT2D eigenvalue weighted by Crippen LogP contribution is -2.32. The van der Waals surface area contributed by atoms with Gasteiger partial charge in [0.15, 0.2) is 5.65 Å². The Morgan fingerprint density at radius 2 is 1.64 bits per heavy atom. The molecule has 2 amide bonds. The van der Waals surface area contributed by atoms with Gasteiger partial charge in [-0.3, -0.25) is 15.0 Å². The smallest absolute Gasteiger partial charge is 0.324 e. The molecule has 0 atom stereocenters. The minimum absolute atomic E-state index is 0.0113. The topological polar surface area (TPSA) is 169 Å². The van der Waals surface area contributed by atoms with Gasteiger partial charge < -0.3 is 11.1 Å².